The number of anilines is 1. The first-order valence-electron chi connectivity index (χ1n) is 9.10. The molecule has 2 aromatic carbocycles. The molecular weight excluding hydrogens is 310 g/mol. The van der Waals surface area contributed by atoms with Crippen molar-refractivity contribution in [3.05, 3.63) is 65.7 Å². The molecule has 0 atom stereocenters. The molecule has 1 N–H and O–H groups in total. The van der Waals surface area contributed by atoms with Gasteiger partial charge in [0.1, 0.15) is 0 Å². The van der Waals surface area contributed by atoms with Gasteiger partial charge >= 0.3 is 0 Å². The van der Waals surface area contributed by atoms with Crippen molar-refractivity contribution in [2.45, 2.75) is 19.9 Å². The van der Waals surface area contributed by atoms with Gasteiger partial charge in [0.2, 0.25) is 5.91 Å². The molecule has 0 radical (unpaired) electrons. The number of nitrogens with zero attached hydrogens (tertiary/aromatic N) is 2. The van der Waals surface area contributed by atoms with Crippen LogP contribution in [0.4, 0.5) is 5.69 Å². The van der Waals surface area contributed by atoms with E-state index in [1.54, 1.807) is 0 Å². The summed E-state index contributed by atoms with van der Waals surface area (Å²) in [5.41, 5.74) is 3.49. The Bertz CT molecular complexity index is 679. The van der Waals surface area contributed by atoms with E-state index in [1.807, 2.05) is 12.1 Å². The van der Waals surface area contributed by atoms with Crippen molar-refractivity contribution < 1.29 is 4.79 Å². The number of rotatable bonds is 6. The molecule has 132 valence electrons. The van der Waals surface area contributed by atoms with Gasteiger partial charge in [-0.15, -0.1) is 0 Å². The summed E-state index contributed by atoms with van der Waals surface area (Å²) < 4.78 is 0. The Morgan fingerprint density at radius 1 is 0.920 bits per heavy atom. The molecule has 25 heavy (non-hydrogen) atoms. The highest BCUT2D eigenvalue weighted by atomic mass is 16.2. The summed E-state index contributed by atoms with van der Waals surface area (Å²) >= 11 is 0. The maximum atomic E-state index is 12.3. The quantitative estimate of drug-likeness (QED) is 0.880. The number of nitrogens with one attached hydrogen (secondary N) is 1. The molecule has 0 aromatic heterocycles. The van der Waals surface area contributed by atoms with Gasteiger partial charge in [0, 0.05) is 38.4 Å². The molecule has 0 spiro atoms. The topological polar surface area (TPSA) is 35.6 Å². The first-order valence-corrected chi connectivity index (χ1v) is 9.10. The van der Waals surface area contributed by atoms with E-state index in [2.05, 4.69) is 64.5 Å². The second-order valence-electron chi connectivity index (χ2n) is 6.64. The Labute approximate surface area is 150 Å². The van der Waals surface area contributed by atoms with E-state index < -0.39 is 0 Å². The van der Waals surface area contributed by atoms with Gasteiger partial charge in [0.15, 0.2) is 0 Å². The van der Waals surface area contributed by atoms with Gasteiger partial charge in [-0.2, -0.15) is 0 Å². The van der Waals surface area contributed by atoms with Crippen LogP contribution in [-0.2, 0) is 17.8 Å². The molecule has 1 aliphatic rings. The Balaban J connectivity index is 1.43. The molecule has 0 unspecified atom stereocenters. The van der Waals surface area contributed by atoms with Gasteiger partial charge in [0.05, 0.1) is 6.54 Å². The number of hydrogen-bond donors (Lipinski definition) is 1. The predicted molar refractivity (Wildman–Crippen MR) is 103 cm³/mol. The van der Waals surface area contributed by atoms with E-state index in [0.717, 1.165) is 44.8 Å². The third-order valence-corrected chi connectivity index (χ3v) is 4.70. The van der Waals surface area contributed by atoms with Crippen LogP contribution in [0.3, 0.4) is 0 Å². The van der Waals surface area contributed by atoms with Crippen LogP contribution in [0.15, 0.2) is 54.6 Å². The second kappa shape index (κ2) is 8.79. The lowest BCUT2D eigenvalue weighted by molar-refractivity contribution is -0.117. The van der Waals surface area contributed by atoms with Gasteiger partial charge in [-0.25, -0.2) is 0 Å². The number of amides is 1. The summed E-state index contributed by atoms with van der Waals surface area (Å²) in [5.74, 6) is 0.0739. The number of benzene rings is 2. The van der Waals surface area contributed by atoms with E-state index in [4.69, 9.17) is 0 Å². The lowest BCUT2D eigenvalue weighted by Crippen LogP contribution is -2.48. The largest absolute Gasteiger partial charge is 0.325 e. The molecular formula is C21H27N3O. The Kier molecular flexibility index (Phi) is 6.20. The van der Waals surface area contributed by atoms with E-state index in [9.17, 15) is 4.79 Å². The van der Waals surface area contributed by atoms with Gasteiger partial charge in [-0.3, -0.25) is 14.6 Å². The van der Waals surface area contributed by atoms with Crippen LogP contribution in [-0.4, -0.2) is 48.4 Å². The SMILES string of the molecule is CCc1cccc(NC(=O)CN2CCN(Cc3ccccc3)CC2)c1. The van der Waals surface area contributed by atoms with Crippen LogP contribution in [0.1, 0.15) is 18.1 Å². The highest BCUT2D eigenvalue weighted by molar-refractivity contribution is 5.92. The Hall–Kier alpha value is -2.17. The third kappa shape index (κ3) is 5.41. The number of hydrogen-bond acceptors (Lipinski definition) is 3. The average molecular weight is 337 g/mol. The number of carbonyl (C=O) groups excluding carboxylic acids is 1. The molecule has 0 bridgehead atoms. The number of piperazine rings is 1. The Morgan fingerprint density at radius 3 is 2.32 bits per heavy atom. The van der Waals surface area contributed by atoms with Crippen LogP contribution in [0.25, 0.3) is 0 Å². The van der Waals surface area contributed by atoms with E-state index >= 15 is 0 Å². The van der Waals surface area contributed by atoms with Crippen molar-refractivity contribution in [3.8, 4) is 0 Å². The first kappa shape index (κ1) is 17.6. The van der Waals surface area contributed by atoms with Crippen molar-refractivity contribution in [2.24, 2.45) is 0 Å². The summed E-state index contributed by atoms with van der Waals surface area (Å²) in [4.78, 5) is 17.0. The minimum atomic E-state index is 0.0739. The smallest absolute Gasteiger partial charge is 0.238 e. The zero-order valence-electron chi connectivity index (χ0n) is 14.9. The normalized spacial score (nSPS) is 15.9. The molecule has 3 rings (SSSR count). The minimum Gasteiger partial charge on any atom is -0.325 e. The fraction of sp³-hybridized carbons (Fsp3) is 0.381. The van der Waals surface area contributed by atoms with E-state index in [-0.39, 0.29) is 5.91 Å². The Morgan fingerprint density at radius 2 is 1.60 bits per heavy atom. The van der Waals surface area contributed by atoms with Gasteiger partial charge < -0.3 is 5.32 Å². The fourth-order valence-electron chi connectivity index (χ4n) is 3.22. The highest BCUT2D eigenvalue weighted by Gasteiger charge is 2.19. The maximum Gasteiger partial charge on any atom is 0.238 e. The van der Waals surface area contributed by atoms with Crippen LogP contribution < -0.4 is 5.32 Å². The fourth-order valence-corrected chi connectivity index (χ4v) is 3.22. The number of aryl methyl sites for hydroxylation is 1. The molecule has 0 aliphatic carbocycles. The second-order valence-corrected chi connectivity index (χ2v) is 6.64. The molecule has 1 heterocycles. The maximum absolute atomic E-state index is 12.3. The first-order chi connectivity index (χ1) is 12.2. The molecule has 2 aromatic rings. The van der Waals surface area contributed by atoms with Crippen molar-refractivity contribution in [3.63, 3.8) is 0 Å². The van der Waals surface area contributed by atoms with E-state index in [0.29, 0.717) is 6.54 Å². The molecule has 1 saturated heterocycles. The standard InChI is InChI=1S/C21H27N3O/c1-2-18-9-6-10-20(15-18)22-21(25)17-24-13-11-23(12-14-24)16-19-7-4-3-5-8-19/h3-10,15H,2,11-14,16-17H2,1H3,(H,22,25). The lowest BCUT2D eigenvalue weighted by atomic mass is 10.1. The summed E-state index contributed by atoms with van der Waals surface area (Å²) in [6.45, 7) is 7.47. The van der Waals surface area contributed by atoms with E-state index in [1.165, 1.54) is 11.1 Å². The van der Waals surface area contributed by atoms with Crippen molar-refractivity contribution in [2.75, 3.05) is 38.0 Å². The molecule has 1 amide bonds. The minimum absolute atomic E-state index is 0.0739. The van der Waals surface area contributed by atoms with Crippen molar-refractivity contribution in [1.82, 2.24) is 9.80 Å². The monoisotopic (exact) mass is 337 g/mol. The summed E-state index contributed by atoms with van der Waals surface area (Å²) in [6.07, 6.45) is 0.979. The van der Waals surface area contributed by atoms with Crippen LogP contribution in [0.2, 0.25) is 0 Å². The molecule has 4 heteroatoms. The molecule has 0 saturated carbocycles. The van der Waals surface area contributed by atoms with Gasteiger partial charge in [0.25, 0.3) is 0 Å². The highest BCUT2D eigenvalue weighted by Crippen LogP contribution is 2.12. The zero-order valence-corrected chi connectivity index (χ0v) is 14.9. The predicted octanol–water partition coefficient (Wildman–Crippen LogP) is 3.01. The summed E-state index contributed by atoms with van der Waals surface area (Å²) in [6, 6.07) is 18.7. The number of carbonyl (C=O) groups is 1. The zero-order chi connectivity index (χ0) is 17.5. The van der Waals surface area contributed by atoms with Crippen molar-refractivity contribution in [1.29, 1.82) is 0 Å². The summed E-state index contributed by atoms with van der Waals surface area (Å²) in [5, 5.41) is 3.02. The molecule has 4 nitrogen and oxygen atoms in total. The average Bonchev–Trinajstić information content (AvgIpc) is 2.64. The molecule has 1 aliphatic heterocycles. The molecule has 1 fully saturated rings. The van der Waals surface area contributed by atoms with Crippen LogP contribution >= 0.6 is 0 Å². The van der Waals surface area contributed by atoms with Crippen LogP contribution in [0.5, 0.6) is 0 Å². The van der Waals surface area contributed by atoms with Crippen molar-refractivity contribution >= 4 is 11.6 Å². The third-order valence-electron chi connectivity index (χ3n) is 4.70. The van der Waals surface area contributed by atoms with Gasteiger partial charge in [-0.05, 0) is 29.7 Å². The lowest BCUT2D eigenvalue weighted by Gasteiger charge is -2.34. The van der Waals surface area contributed by atoms with Crippen LogP contribution in [0, 0.1) is 0 Å². The van der Waals surface area contributed by atoms with Gasteiger partial charge in [-0.1, -0.05) is 49.4 Å². The summed E-state index contributed by atoms with van der Waals surface area (Å²) in [7, 11) is 0.